The quantitative estimate of drug-likeness (QED) is 0.811. The van der Waals surface area contributed by atoms with E-state index in [9.17, 15) is 8.42 Å². The van der Waals surface area contributed by atoms with Crippen molar-refractivity contribution in [2.45, 2.75) is 43.0 Å². The number of rotatable bonds is 6. The van der Waals surface area contributed by atoms with Crippen molar-refractivity contribution in [3.05, 3.63) is 17.9 Å². The van der Waals surface area contributed by atoms with Crippen LogP contribution in [0.4, 0.5) is 0 Å². The summed E-state index contributed by atoms with van der Waals surface area (Å²) in [5.74, 6) is 0.595. The summed E-state index contributed by atoms with van der Waals surface area (Å²) in [7, 11) is -0.228. The van der Waals surface area contributed by atoms with Crippen LogP contribution >= 0.6 is 0 Å². The lowest BCUT2D eigenvalue weighted by Crippen LogP contribution is -2.40. The Hall–Kier alpha value is -0.890. The van der Waals surface area contributed by atoms with E-state index in [-0.39, 0.29) is 17.2 Å². The maximum Gasteiger partial charge on any atom is 0.274 e. The predicted molar refractivity (Wildman–Crippen MR) is 70.2 cm³/mol. The summed E-state index contributed by atoms with van der Waals surface area (Å²) in [5, 5.41) is 2.87. The van der Waals surface area contributed by atoms with Crippen LogP contribution in [0.25, 0.3) is 0 Å². The minimum Gasteiger partial charge on any atom is -0.447 e. The first kappa shape index (κ1) is 14.5. The minimum absolute atomic E-state index is 0.0421. The number of ether oxygens (including phenoxy) is 1. The molecule has 0 saturated heterocycles. The van der Waals surface area contributed by atoms with Crippen LogP contribution in [0.15, 0.2) is 21.6 Å². The van der Waals surface area contributed by atoms with Gasteiger partial charge in [-0.15, -0.1) is 0 Å². The molecule has 0 aliphatic heterocycles. The maximum atomic E-state index is 12.2. The average molecular weight is 288 g/mol. The Kier molecular flexibility index (Phi) is 4.62. The molecule has 7 heteroatoms. The lowest BCUT2D eigenvalue weighted by molar-refractivity contribution is 0.0915. The van der Waals surface area contributed by atoms with Crippen LogP contribution in [0.3, 0.4) is 0 Å². The molecule has 2 N–H and O–H groups in total. The highest BCUT2D eigenvalue weighted by Crippen LogP contribution is 2.24. The molecule has 6 nitrogen and oxygen atoms in total. The van der Waals surface area contributed by atoms with Crippen molar-refractivity contribution in [2.24, 2.45) is 0 Å². The van der Waals surface area contributed by atoms with Gasteiger partial charge in [0, 0.05) is 13.2 Å². The van der Waals surface area contributed by atoms with E-state index < -0.39 is 10.0 Å². The van der Waals surface area contributed by atoms with Gasteiger partial charge in [0.15, 0.2) is 0 Å². The molecule has 19 heavy (non-hydrogen) atoms. The van der Waals surface area contributed by atoms with Crippen LogP contribution in [0.5, 0.6) is 0 Å². The summed E-state index contributed by atoms with van der Waals surface area (Å²) in [6.45, 7) is 0.500. The van der Waals surface area contributed by atoms with E-state index in [4.69, 9.17) is 9.15 Å². The Bertz CT molecular complexity index is 512. The van der Waals surface area contributed by atoms with Crippen LogP contribution in [0.1, 0.15) is 25.0 Å². The highest BCUT2D eigenvalue weighted by molar-refractivity contribution is 7.89. The molecule has 2 rings (SSSR count). The van der Waals surface area contributed by atoms with Crippen LogP contribution < -0.4 is 10.0 Å². The standard InChI is InChI=1S/C12H20N2O4S/c1-13-8-9-6-7-12(18-9)19(15,16)14-10-4-3-5-11(10)17-2/h6-7,10-11,13-14H,3-5,8H2,1-2H3. The second-order valence-corrected chi connectivity index (χ2v) is 6.33. The molecule has 2 unspecified atom stereocenters. The molecule has 1 aromatic rings. The number of furan rings is 1. The van der Waals surface area contributed by atoms with E-state index >= 15 is 0 Å². The van der Waals surface area contributed by atoms with Gasteiger partial charge in [0.2, 0.25) is 5.09 Å². The molecule has 0 bridgehead atoms. The van der Waals surface area contributed by atoms with Crippen molar-refractivity contribution >= 4 is 10.0 Å². The molecule has 0 amide bonds. The molecular weight excluding hydrogens is 268 g/mol. The topological polar surface area (TPSA) is 80.6 Å². The van der Waals surface area contributed by atoms with Gasteiger partial charge in [0.05, 0.1) is 12.6 Å². The molecular formula is C12H20N2O4S. The lowest BCUT2D eigenvalue weighted by Gasteiger charge is -2.18. The van der Waals surface area contributed by atoms with E-state index in [1.54, 1.807) is 20.2 Å². The highest BCUT2D eigenvalue weighted by atomic mass is 32.2. The summed E-state index contributed by atoms with van der Waals surface area (Å²) in [6.07, 6.45) is 2.59. The van der Waals surface area contributed by atoms with E-state index in [0.717, 1.165) is 19.3 Å². The Morgan fingerprint density at radius 1 is 1.42 bits per heavy atom. The van der Waals surface area contributed by atoms with E-state index in [1.807, 2.05) is 0 Å². The van der Waals surface area contributed by atoms with Gasteiger partial charge in [-0.2, -0.15) is 0 Å². The Balaban J connectivity index is 2.08. The Morgan fingerprint density at radius 2 is 2.21 bits per heavy atom. The second kappa shape index (κ2) is 6.04. The third-order valence-electron chi connectivity index (χ3n) is 3.31. The molecule has 0 spiro atoms. The fourth-order valence-corrected chi connectivity index (χ4v) is 3.62. The number of sulfonamides is 1. The lowest BCUT2D eigenvalue weighted by atomic mass is 10.2. The van der Waals surface area contributed by atoms with E-state index in [1.165, 1.54) is 6.07 Å². The van der Waals surface area contributed by atoms with Crippen LogP contribution in [-0.2, 0) is 21.3 Å². The molecule has 108 valence electrons. The van der Waals surface area contributed by atoms with Gasteiger partial charge < -0.3 is 14.5 Å². The van der Waals surface area contributed by atoms with E-state index in [2.05, 4.69) is 10.0 Å². The molecule has 0 aromatic carbocycles. The number of methoxy groups -OCH3 is 1. The van der Waals surface area contributed by atoms with Gasteiger partial charge >= 0.3 is 0 Å². The Morgan fingerprint density at radius 3 is 2.89 bits per heavy atom. The first-order valence-electron chi connectivity index (χ1n) is 6.35. The summed E-state index contributed by atoms with van der Waals surface area (Å²) in [5.41, 5.74) is 0. The third-order valence-corrected chi connectivity index (χ3v) is 4.68. The zero-order valence-electron chi connectivity index (χ0n) is 11.2. The zero-order valence-corrected chi connectivity index (χ0v) is 12.0. The molecule has 1 aromatic heterocycles. The predicted octanol–water partition coefficient (Wildman–Crippen LogP) is 0.845. The molecule has 1 saturated carbocycles. The van der Waals surface area contributed by atoms with Gasteiger partial charge in [0.25, 0.3) is 10.0 Å². The average Bonchev–Trinajstić information content (AvgIpc) is 2.98. The molecule has 0 radical (unpaired) electrons. The normalized spacial score (nSPS) is 23.9. The summed E-state index contributed by atoms with van der Waals surface area (Å²) >= 11 is 0. The molecule has 1 fully saturated rings. The summed E-state index contributed by atoms with van der Waals surface area (Å²) in [6, 6.07) is 2.96. The van der Waals surface area contributed by atoms with Crippen molar-refractivity contribution in [3.63, 3.8) is 0 Å². The SMILES string of the molecule is CNCc1ccc(S(=O)(=O)NC2CCCC2OC)o1. The second-order valence-electron chi connectivity index (χ2n) is 4.68. The van der Waals surface area contributed by atoms with Gasteiger partial charge in [-0.05, 0) is 38.4 Å². The molecule has 1 aliphatic rings. The molecule has 1 aliphatic carbocycles. The van der Waals surface area contributed by atoms with Crippen molar-refractivity contribution < 1.29 is 17.6 Å². The summed E-state index contributed by atoms with van der Waals surface area (Å²) in [4.78, 5) is 0. The van der Waals surface area contributed by atoms with Gasteiger partial charge in [-0.1, -0.05) is 0 Å². The third kappa shape index (κ3) is 3.36. The first-order chi connectivity index (χ1) is 9.06. The van der Waals surface area contributed by atoms with Gasteiger partial charge in [0.1, 0.15) is 5.76 Å². The van der Waals surface area contributed by atoms with E-state index in [0.29, 0.717) is 12.3 Å². The largest absolute Gasteiger partial charge is 0.447 e. The zero-order chi connectivity index (χ0) is 13.9. The fourth-order valence-electron chi connectivity index (χ4n) is 2.37. The fraction of sp³-hybridized carbons (Fsp3) is 0.667. The summed E-state index contributed by atoms with van der Waals surface area (Å²) < 4.78 is 37.6. The minimum atomic E-state index is -3.61. The monoisotopic (exact) mass is 288 g/mol. The number of hydrogen-bond acceptors (Lipinski definition) is 5. The highest BCUT2D eigenvalue weighted by Gasteiger charge is 2.32. The van der Waals surface area contributed by atoms with Crippen LogP contribution in [-0.4, -0.2) is 34.7 Å². The smallest absolute Gasteiger partial charge is 0.274 e. The van der Waals surface area contributed by atoms with Crippen LogP contribution in [0, 0.1) is 0 Å². The van der Waals surface area contributed by atoms with Crippen molar-refractivity contribution in [1.82, 2.24) is 10.0 Å². The Labute approximate surface area is 113 Å². The van der Waals surface area contributed by atoms with Gasteiger partial charge in [-0.25, -0.2) is 13.1 Å². The molecule has 1 heterocycles. The number of hydrogen-bond donors (Lipinski definition) is 2. The van der Waals surface area contributed by atoms with Gasteiger partial charge in [-0.3, -0.25) is 0 Å². The van der Waals surface area contributed by atoms with Crippen molar-refractivity contribution in [2.75, 3.05) is 14.2 Å². The molecule has 2 atom stereocenters. The maximum absolute atomic E-state index is 12.2. The van der Waals surface area contributed by atoms with Crippen molar-refractivity contribution in [3.8, 4) is 0 Å². The number of nitrogens with one attached hydrogen (secondary N) is 2. The van der Waals surface area contributed by atoms with Crippen LogP contribution in [0.2, 0.25) is 0 Å². The van der Waals surface area contributed by atoms with Crippen molar-refractivity contribution in [1.29, 1.82) is 0 Å². The first-order valence-corrected chi connectivity index (χ1v) is 7.83.